The average molecular weight is 434 g/mol. The third kappa shape index (κ3) is 4.39. The number of imidazole rings is 1. The van der Waals surface area contributed by atoms with E-state index in [1.165, 1.54) is 12.1 Å². The maximum absolute atomic E-state index is 14.3. The summed E-state index contributed by atoms with van der Waals surface area (Å²) < 4.78 is 28.0. The highest BCUT2D eigenvalue weighted by Crippen LogP contribution is 2.44. The molecule has 0 N–H and O–H groups in total. The molecule has 32 heavy (non-hydrogen) atoms. The topological polar surface area (TPSA) is 60.1 Å². The van der Waals surface area contributed by atoms with Crippen molar-refractivity contribution in [1.29, 1.82) is 5.26 Å². The van der Waals surface area contributed by atoms with E-state index in [-0.39, 0.29) is 22.7 Å². The summed E-state index contributed by atoms with van der Waals surface area (Å²) in [5.41, 5.74) is 1.95. The van der Waals surface area contributed by atoms with E-state index in [1.54, 1.807) is 13.2 Å². The third-order valence-electron chi connectivity index (χ3n) is 5.81. The summed E-state index contributed by atoms with van der Waals surface area (Å²) in [4.78, 5) is 5.03. The molecule has 0 saturated carbocycles. The fourth-order valence-corrected chi connectivity index (χ4v) is 4.89. The summed E-state index contributed by atoms with van der Waals surface area (Å²) in [6.45, 7) is 8.41. The summed E-state index contributed by atoms with van der Waals surface area (Å²) >= 11 is 0. The number of benzene rings is 2. The number of nitrogens with zero attached hydrogens (tertiary/aromatic N) is 3. The quantitative estimate of drug-likeness (QED) is 0.506. The van der Waals surface area contributed by atoms with Crippen LogP contribution in [0.4, 0.5) is 4.39 Å². The van der Waals surface area contributed by atoms with E-state index < -0.39 is 5.82 Å². The van der Waals surface area contributed by atoms with Gasteiger partial charge < -0.3 is 9.47 Å². The van der Waals surface area contributed by atoms with Gasteiger partial charge in [0.05, 0.1) is 46.9 Å². The van der Waals surface area contributed by atoms with Gasteiger partial charge in [0.15, 0.2) is 0 Å². The maximum atomic E-state index is 14.3. The second-order valence-corrected chi connectivity index (χ2v) is 9.60. The Morgan fingerprint density at radius 2 is 1.81 bits per heavy atom. The molecule has 0 radical (unpaired) electrons. The number of hydrogen-bond donors (Lipinski definition) is 0. The van der Waals surface area contributed by atoms with Crippen molar-refractivity contribution in [3.8, 4) is 28.9 Å². The molecule has 1 aromatic heterocycles. The molecule has 0 amide bonds. The normalized spacial score (nSPS) is 17.7. The lowest BCUT2D eigenvalue weighted by molar-refractivity contribution is -0.162. The number of methoxy groups -OCH3 is 1. The Morgan fingerprint density at radius 3 is 2.47 bits per heavy atom. The van der Waals surface area contributed by atoms with Crippen molar-refractivity contribution in [3.05, 3.63) is 65.7 Å². The van der Waals surface area contributed by atoms with Gasteiger partial charge in [0.2, 0.25) is 0 Å². The molecule has 1 fully saturated rings. The van der Waals surface area contributed by atoms with Crippen LogP contribution < -0.4 is 4.74 Å². The molecule has 166 valence electrons. The van der Waals surface area contributed by atoms with Crippen LogP contribution >= 0.6 is 0 Å². The highest BCUT2D eigenvalue weighted by atomic mass is 19.1. The van der Waals surface area contributed by atoms with Crippen molar-refractivity contribution in [2.24, 2.45) is 0 Å². The summed E-state index contributed by atoms with van der Waals surface area (Å²) in [7, 11) is 1.62. The van der Waals surface area contributed by atoms with Crippen molar-refractivity contribution >= 4 is 0 Å². The largest absolute Gasteiger partial charge is 0.496 e. The van der Waals surface area contributed by atoms with Gasteiger partial charge in [0.25, 0.3) is 0 Å². The highest BCUT2D eigenvalue weighted by molar-refractivity contribution is 5.67. The van der Waals surface area contributed by atoms with Crippen LogP contribution in [0.5, 0.6) is 5.75 Å². The Labute approximate surface area is 188 Å². The van der Waals surface area contributed by atoms with Crippen LogP contribution in [0.15, 0.2) is 48.7 Å². The number of aromatic nitrogens is 2. The molecular formula is C26H28FN3O2. The second kappa shape index (κ2) is 8.07. The van der Waals surface area contributed by atoms with E-state index in [9.17, 15) is 9.65 Å². The molecule has 1 aliphatic rings. The minimum absolute atomic E-state index is 0.174. The summed E-state index contributed by atoms with van der Waals surface area (Å²) in [5.74, 6) is 1.03. The summed E-state index contributed by atoms with van der Waals surface area (Å²) in [6, 6.07) is 14.0. The first kappa shape index (κ1) is 22.0. The molecule has 0 bridgehead atoms. The highest BCUT2D eigenvalue weighted by Gasteiger charge is 2.41. The maximum Gasteiger partial charge on any atom is 0.148 e. The third-order valence-corrected chi connectivity index (χ3v) is 5.81. The van der Waals surface area contributed by atoms with Gasteiger partial charge in [-0.15, -0.1) is 0 Å². The number of nitriles is 1. The standard InChI is InChI=1S/C26H28FN3O2/c1-25(2)13-18(14-26(3,4)32-25)22-16-30(20-11-17(15-28)10-19(27)12-20)24(29-22)21-8-6-7-9-23(21)31-5/h6-12,16,18H,13-14H2,1-5H3. The van der Waals surface area contributed by atoms with Crippen molar-refractivity contribution in [3.63, 3.8) is 0 Å². The van der Waals surface area contributed by atoms with Gasteiger partial charge in [-0.1, -0.05) is 12.1 Å². The van der Waals surface area contributed by atoms with Gasteiger partial charge in [-0.3, -0.25) is 4.57 Å². The average Bonchev–Trinajstić information content (AvgIpc) is 3.16. The zero-order valence-electron chi connectivity index (χ0n) is 19.1. The molecule has 2 heterocycles. The van der Waals surface area contributed by atoms with Gasteiger partial charge in [0, 0.05) is 12.1 Å². The number of halogens is 1. The Morgan fingerprint density at radius 1 is 1.12 bits per heavy atom. The predicted molar refractivity (Wildman–Crippen MR) is 121 cm³/mol. The Balaban J connectivity index is 1.90. The Bertz CT molecular complexity index is 1170. The van der Waals surface area contributed by atoms with Crippen LogP contribution in [-0.4, -0.2) is 27.9 Å². The Hall–Kier alpha value is -3.17. The van der Waals surface area contributed by atoms with Crippen LogP contribution in [-0.2, 0) is 4.74 Å². The first-order chi connectivity index (χ1) is 15.1. The van der Waals surface area contributed by atoms with Crippen LogP contribution in [0.2, 0.25) is 0 Å². The predicted octanol–water partition coefficient (Wildman–Crippen LogP) is 6.01. The number of rotatable bonds is 4. The van der Waals surface area contributed by atoms with E-state index in [1.807, 2.05) is 41.1 Å². The van der Waals surface area contributed by atoms with E-state index in [0.717, 1.165) is 24.1 Å². The van der Waals surface area contributed by atoms with Crippen LogP contribution in [0.1, 0.15) is 57.7 Å². The molecular weight excluding hydrogens is 405 g/mol. The number of hydrogen-bond acceptors (Lipinski definition) is 4. The van der Waals surface area contributed by atoms with Crippen LogP contribution in [0.25, 0.3) is 17.1 Å². The molecule has 1 saturated heterocycles. The van der Waals surface area contributed by atoms with Gasteiger partial charge in [0.1, 0.15) is 17.4 Å². The SMILES string of the molecule is COc1ccccc1-c1nc(C2CC(C)(C)OC(C)(C)C2)cn1-c1cc(F)cc(C#N)c1. The molecule has 5 nitrogen and oxygen atoms in total. The Kier molecular flexibility index (Phi) is 5.56. The molecule has 2 aromatic carbocycles. The second-order valence-electron chi connectivity index (χ2n) is 9.60. The minimum atomic E-state index is -0.464. The molecule has 4 rings (SSSR count). The van der Waals surface area contributed by atoms with Crippen molar-refractivity contribution in [2.75, 3.05) is 7.11 Å². The van der Waals surface area contributed by atoms with Crippen molar-refractivity contribution in [2.45, 2.75) is 57.7 Å². The molecule has 0 spiro atoms. The van der Waals surface area contributed by atoms with Crippen LogP contribution in [0, 0.1) is 17.1 Å². The molecule has 0 aliphatic carbocycles. The van der Waals surface area contributed by atoms with Gasteiger partial charge >= 0.3 is 0 Å². The molecule has 6 heteroatoms. The minimum Gasteiger partial charge on any atom is -0.496 e. The smallest absolute Gasteiger partial charge is 0.148 e. The fourth-order valence-electron chi connectivity index (χ4n) is 4.89. The lowest BCUT2D eigenvalue weighted by Gasteiger charge is -2.45. The van der Waals surface area contributed by atoms with E-state index in [2.05, 4.69) is 27.7 Å². The molecule has 3 aromatic rings. The van der Waals surface area contributed by atoms with Gasteiger partial charge in [-0.25, -0.2) is 9.37 Å². The van der Waals surface area contributed by atoms with Crippen LogP contribution in [0.3, 0.4) is 0 Å². The number of para-hydroxylation sites is 1. The van der Waals surface area contributed by atoms with E-state index >= 15 is 0 Å². The first-order valence-corrected chi connectivity index (χ1v) is 10.7. The molecule has 1 aliphatic heterocycles. The molecule has 0 unspecified atom stereocenters. The lowest BCUT2D eigenvalue weighted by atomic mass is 9.79. The van der Waals surface area contributed by atoms with Crippen molar-refractivity contribution in [1.82, 2.24) is 9.55 Å². The van der Waals surface area contributed by atoms with E-state index in [4.69, 9.17) is 14.5 Å². The fraction of sp³-hybridized carbons (Fsp3) is 0.385. The summed E-state index contributed by atoms with van der Waals surface area (Å²) in [5, 5.41) is 9.35. The number of ether oxygens (including phenoxy) is 2. The van der Waals surface area contributed by atoms with Crippen molar-refractivity contribution < 1.29 is 13.9 Å². The summed E-state index contributed by atoms with van der Waals surface area (Å²) in [6.07, 6.45) is 3.61. The van der Waals surface area contributed by atoms with Gasteiger partial charge in [-0.05, 0) is 70.9 Å². The molecule has 0 atom stereocenters. The first-order valence-electron chi connectivity index (χ1n) is 10.7. The van der Waals surface area contributed by atoms with E-state index in [0.29, 0.717) is 17.3 Å². The monoisotopic (exact) mass is 433 g/mol. The lowest BCUT2D eigenvalue weighted by Crippen LogP contribution is -2.44. The van der Waals surface area contributed by atoms with Gasteiger partial charge in [-0.2, -0.15) is 5.26 Å². The zero-order chi connectivity index (χ0) is 23.1. The zero-order valence-corrected chi connectivity index (χ0v) is 19.1.